The molecular weight excluding hydrogens is 739 g/mol. The van der Waals surface area contributed by atoms with Gasteiger partial charge in [0, 0.05) is 51.3 Å². The zero-order valence-electron chi connectivity index (χ0n) is 33.9. The fraction of sp³-hybridized carbons (Fsp3) is 0.0345. The minimum Gasteiger partial charge on any atom is -0.324 e. The molecular formula is C58H43N3. The van der Waals surface area contributed by atoms with Gasteiger partial charge in [0.2, 0.25) is 0 Å². The number of allylic oxidation sites excluding steroid dienone is 9. The molecule has 3 nitrogen and oxygen atoms in total. The highest BCUT2D eigenvalue weighted by atomic mass is 15.1. The van der Waals surface area contributed by atoms with Crippen molar-refractivity contribution < 1.29 is 0 Å². The van der Waals surface area contributed by atoms with Gasteiger partial charge < -0.3 is 14.0 Å². The summed E-state index contributed by atoms with van der Waals surface area (Å²) < 4.78 is 4.76. The lowest BCUT2D eigenvalue weighted by Crippen LogP contribution is -2.07. The smallest absolute Gasteiger partial charge is 0.0541 e. The van der Waals surface area contributed by atoms with E-state index in [0.717, 1.165) is 63.3 Å². The van der Waals surface area contributed by atoms with Crippen molar-refractivity contribution in [2.24, 2.45) is 0 Å². The maximum absolute atomic E-state index is 4.55. The summed E-state index contributed by atoms with van der Waals surface area (Å²) in [5.41, 5.74) is 15.6. The third-order valence-corrected chi connectivity index (χ3v) is 12.3. The van der Waals surface area contributed by atoms with Gasteiger partial charge in [0.25, 0.3) is 0 Å². The zero-order chi connectivity index (χ0) is 40.9. The van der Waals surface area contributed by atoms with Crippen LogP contribution in [0.1, 0.15) is 28.8 Å². The average Bonchev–Trinajstić information content (AvgIpc) is 3.83. The molecule has 0 saturated carbocycles. The molecule has 0 amide bonds. The summed E-state index contributed by atoms with van der Waals surface area (Å²) in [5.74, 6) is 0. The van der Waals surface area contributed by atoms with Crippen LogP contribution in [0.4, 0.5) is 5.69 Å². The quantitative estimate of drug-likeness (QED) is 0.169. The molecule has 0 radical (unpaired) electrons. The molecule has 3 heteroatoms. The van der Waals surface area contributed by atoms with Crippen molar-refractivity contribution in [1.82, 2.24) is 9.13 Å². The van der Waals surface area contributed by atoms with E-state index in [-0.39, 0.29) is 0 Å². The molecule has 0 fully saturated rings. The number of aromatic nitrogens is 2. The first-order chi connectivity index (χ1) is 30.1. The number of rotatable bonds is 5. The van der Waals surface area contributed by atoms with Gasteiger partial charge in [0.1, 0.15) is 0 Å². The van der Waals surface area contributed by atoms with Crippen LogP contribution in [0, 0.1) is 0 Å². The minimum absolute atomic E-state index is 0.852. The van der Waals surface area contributed by atoms with Gasteiger partial charge in [-0.3, -0.25) is 0 Å². The Labute approximate surface area is 356 Å². The Hall–Kier alpha value is -7.88. The van der Waals surface area contributed by atoms with E-state index in [9.17, 15) is 0 Å². The molecule has 61 heavy (non-hydrogen) atoms. The Morgan fingerprint density at radius 1 is 0.426 bits per heavy atom. The van der Waals surface area contributed by atoms with Gasteiger partial charge in [-0.2, -0.15) is 0 Å². The third-order valence-electron chi connectivity index (χ3n) is 12.3. The van der Waals surface area contributed by atoms with Crippen molar-refractivity contribution in [3.63, 3.8) is 0 Å². The van der Waals surface area contributed by atoms with Crippen molar-refractivity contribution >= 4 is 66.4 Å². The molecule has 1 aliphatic heterocycles. The van der Waals surface area contributed by atoms with Crippen LogP contribution in [-0.2, 0) is 6.42 Å². The molecule has 2 aliphatic rings. The Kier molecular flexibility index (Phi) is 8.94. The number of benzene rings is 7. The zero-order valence-corrected chi connectivity index (χ0v) is 33.9. The summed E-state index contributed by atoms with van der Waals surface area (Å²) >= 11 is 0. The van der Waals surface area contributed by atoms with Crippen molar-refractivity contribution in [2.45, 2.75) is 12.8 Å². The summed E-state index contributed by atoms with van der Waals surface area (Å²) in [5, 5.41) is 6.24. The van der Waals surface area contributed by atoms with E-state index in [2.05, 4.69) is 240 Å². The molecule has 2 aromatic heterocycles. The normalized spacial score (nSPS) is 17.2. The molecule has 0 saturated heterocycles. The molecule has 1 aliphatic carbocycles. The maximum Gasteiger partial charge on any atom is 0.0541 e. The van der Waals surface area contributed by atoms with E-state index >= 15 is 0 Å². The second kappa shape index (κ2) is 15.1. The predicted molar refractivity (Wildman–Crippen MR) is 260 cm³/mol. The highest BCUT2D eigenvalue weighted by molar-refractivity contribution is 6.09. The second-order valence-corrected chi connectivity index (χ2v) is 15.9. The Morgan fingerprint density at radius 3 is 1.52 bits per heavy atom. The van der Waals surface area contributed by atoms with Crippen LogP contribution < -0.4 is 4.90 Å². The number of hydrogen-bond donors (Lipinski definition) is 0. The molecule has 0 spiro atoms. The van der Waals surface area contributed by atoms with E-state index in [4.69, 9.17) is 0 Å². The fourth-order valence-electron chi connectivity index (χ4n) is 9.17. The van der Waals surface area contributed by atoms with Crippen LogP contribution in [-0.4, -0.2) is 9.13 Å². The molecule has 290 valence electrons. The van der Waals surface area contributed by atoms with E-state index < -0.39 is 0 Å². The molecule has 0 atom stereocenters. The average molecular weight is 782 g/mol. The molecule has 0 N–H and O–H groups in total. The SMILES string of the molecule is C=C1/C=C(c2ccc(-n3c4c(c5ccccc53)CCC=C4)cc2)\C=C/N(c2ccc3ccccc3c2)/C=C\C(c2ccc(-n3c4ccccc4c4ccccc43)cc2)=C/C1=C. The van der Waals surface area contributed by atoms with E-state index in [1.54, 1.807) is 0 Å². The van der Waals surface area contributed by atoms with Crippen LogP contribution in [0.15, 0.2) is 231 Å². The Bertz CT molecular complexity index is 3320. The van der Waals surface area contributed by atoms with Crippen LogP contribution in [0.5, 0.6) is 0 Å². The number of fused-ring (bicyclic) bond motifs is 7. The number of para-hydroxylation sites is 3. The van der Waals surface area contributed by atoms with Crippen LogP contribution in [0.3, 0.4) is 0 Å². The summed E-state index contributed by atoms with van der Waals surface area (Å²) in [6.45, 7) is 9.11. The standard InChI is InChI=1S/C58H43N3/c1-40-37-46(43-23-28-48(29-24-43)60-55-19-9-5-15-51(55)52-16-6-10-20-56(52)60)33-35-59(50-32-27-42-13-3-4-14-45(42)39-50)36-34-47(38-41(40)2)44-25-30-49(31-26-44)61-57-21-11-7-17-53(57)54-18-8-12-22-58(54)61/h3-7,9-17,19-39H,1-2,8,18H2/b35-33-,36-34-,46-37+,47-38+. The number of nitrogens with zero attached hydrogens (tertiary/aromatic N) is 3. The molecule has 0 bridgehead atoms. The maximum atomic E-state index is 4.55. The fourth-order valence-corrected chi connectivity index (χ4v) is 9.17. The topological polar surface area (TPSA) is 13.1 Å². The van der Waals surface area contributed by atoms with E-state index in [1.165, 1.54) is 54.7 Å². The molecule has 11 rings (SSSR count). The van der Waals surface area contributed by atoms with Crippen LogP contribution in [0.25, 0.3) is 72.1 Å². The lowest BCUT2D eigenvalue weighted by Gasteiger charge is -2.18. The first-order valence-corrected chi connectivity index (χ1v) is 21.0. The molecule has 9 aromatic rings. The minimum atomic E-state index is 0.852. The Balaban J connectivity index is 0.989. The largest absolute Gasteiger partial charge is 0.324 e. The van der Waals surface area contributed by atoms with Gasteiger partial charge >= 0.3 is 0 Å². The third kappa shape index (κ3) is 6.48. The van der Waals surface area contributed by atoms with Crippen LogP contribution >= 0.6 is 0 Å². The van der Waals surface area contributed by atoms with Crippen molar-refractivity contribution in [1.29, 1.82) is 0 Å². The van der Waals surface area contributed by atoms with E-state index in [1.807, 2.05) is 0 Å². The van der Waals surface area contributed by atoms with Crippen LogP contribution in [0.2, 0.25) is 0 Å². The predicted octanol–water partition coefficient (Wildman–Crippen LogP) is 15.0. The molecule has 0 unspecified atom stereocenters. The number of hydrogen-bond acceptors (Lipinski definition) is 1. The second-order valence-electron chi connectivity index (χ2n) is 15.9. The Morgan fingerprint density at radius 2 is 0.918 bits per heavy atom. The highest BCUT2D eigenvalue weighted by Crippen LogP contribution is 2.36. The van der Waals surface area contributed by atoms with E-state index in [0.29, 0.717) is 0 Å². The summed E-state index contributed by atoms with van der Waals surface area (Å²) in [7, 11) is 0. The molecule has 3 heterocycles. The first-order valence-electron chi connectivity index (χ1n) is 21.0. The van der Waals surface area contributed by atoms with Crippen molar-refractivity contribution in [2.75, 3.05) is 4.90 Å². The van der Waals surface area contributed by atoms with Crippen molar-refractivity contribution in [3.8, 4) is 11.4 Å². The van der Waals surface area contributed by atoms with Gasteiger partial charge in [0.05, 0.1) is 16.6 Å². The van der Waals surface area contributed by atoms with Gasteiger partial charge in [-0.1, -0.05) is 128 Å². The summed E-state index contributed by atoms with van der Waals surface area (Å²) in [6.07, 6.45) is 19.7. The highest BCUT2D eigenvalue weighted by Gasteiger charge is 2.19. The molecule has 7 aromatic carbocycles. The summed E-state index contributed by atoms with van der Waals surface area (Å²) in [6, 6.07) is 59.0. The van der Waals surface area contributed by atoms with Gasteiger partial charge in [-0.25, -0.2) is 0 Å². The summed E-state index contributed by atoms with van der Waals surface area (Å²) in [4.78, 5) is 2.20. The van der Waals surface area contributed by atoms with Gasteiger partial charge in [-0.05, 0) is 148 Å². The first kappa shape index (κ1) is 36.2. The van der Waals surface area contributed by atoms with Crippen molar-refractivity contribution in [3.05, 3.63) is 253 Å². The number of anilines is 1. The van der Waals surface area contributed by atoms with Gasteiger partial charge in [-0.15, -0.1) is 0 Å². The van der Waals surface area contributed by atoms with Gasteiger partial charge in [0.15, 0.2) is 0 Å². The lowest BCUT2D eigenvalue weighted by atomic mass is 9.97. The monoisotopic (exact) mass is 781 g/mol. The number of aryl methyl sites for hydroxylation is 1. The lowest BCUT2D eigenvalue weighted by molar-refractivity contribution is 0.967.